The van der Waals surface area contributed by atoms with Gasteiger partial charge in [0.1, 0.15) is 11.9 Å². The number of carbonyl (C=O) groups excluding carboxylic acids is 2. The van der Waals surface area contributed by atoms with Crippen LogP contribution >= 0.6 is 0 Å². The van der Waals surface area contributed by atoms with E-state index in [0.717, 1.165) is 42.4 Å². The van der Waals surface area contributed by atoms with Gasteiger partial charge in [0.15, 0.2) is 23.1 Å². The lowest BCUT2D eigenvalue weighted by Crippen LogP contribution is -2.46. The van der Waals surface area contributed by atoms with Gasteiger partial charge in [-0.3, -0.25) is 14.9 Å². The summed E-state index contributed by atoms with van der Waals surface area (Å²) in [6.07, 6.45) is 2.98. The van der Waals surface area contributed by atoms with Crippen molar-refractivity contribution in [2.45, 2.75) is 50.9 Å². The van der Waals surface area contributed by atoms with Crippen LogP contribution in [-0.2, 0) is 20.9 Å². The van der Waals surface area contributed by atoms with E-state index in [9.17, 15) is 14.0 Å². The van der Waals surface area contributed by atoms with Crippen LogP contribution in [0.1, 0.15) is 49.3 Å². The third-order valence-corrected chi connectivity index (χ3v) is 7.75. The van der Waals surface area contributed by atoms with E-state index in [1.165, 1.54) is 13.2 Å². The van der Waals surface area contributed by atoms with Crippen molar-refractivity contribution < 1.29 is 32.9 Å². The number of hydrogen-bond acceptors (Lipinski definition) is 7. The first-order chi connectivity index (χ1) is 20.0. The van der Waals surface area contributed by atoms with Crippen molar-refractivity contribution in [2.24, 2.45) is 0 Å². The Morgan fingerprint density at radius 3 is 2.68 bits per heavy atom. The maximum absolute atomic E-state index is 14.8. The van der Waals surface area contributed by atoms with Gasteiger partial charge < -0.3 is 23.8 Å². The molecule has 8 nitrogen and oxygen atoms in total. The minimum atomic E-state index is -0.577. The molecule has 0 fully saturated rings. The minimum absolute atomic E-state index is 0.0149. The number of rotatable bonds is 9. The van der Waals surface area contributed by atoms with Gasteiger partial charge in [-0.15, -0.1) is 0 Å². The van der Waals surface area contributed by atoms with Gasteiger partial charge in [-0.05, 0) is 78.8 Å². The highest BCUT2D eigenvalue weighted by Crippen LogP contribution is 2.39. The van der Waals surface area contributed by atoms with Crippen molar-refractivity contribution >= 4 is 11.9 Å². The molecule has 0 radical (unpaired) electrons. The molecular formula is C32H31FN2O6. The second-order valence-electron chi connectivity index (χ2n) is 10.3. The first kappa shape index (κ1) is 26.8. The van der Waals surface area contributed by atoms with E-state index in [4.69, 9.17) is 18.9 Å². The molecule has 3 aromatic rings. The summed E-state index contributed by atoms with van der Waals surface area (Å²) in [5.41, 5.74) is 3.42. The van der Waals surface area contributed by atoms with Crippen LogP contribution in [0.2, 0.25) is 0 Å². The normalized spacial score (nSPS) is 18.3. The second kappa shape index (κ2) is 11.6. The Hall–Kier alpha value is -4.37. The van der Waals surface area contributed by atoms with Crippen LogP contribution in [0.3, 0.4) is 0 Å². The molecule has 0 saturated carbocycles. The van der Waals surface area contributed by atoms with Crippen LogP contribution in [0, 0.1) is 5.82 Å². The third-order valence-electron chi connectivity index (χ3n) is 7.75. The van der Waals surface area contributed by atoms with E-state index in [0.29, 0.717) is 29.4 Å². The maximum Gasteiger partial charge on any atom is 0.307 e. The van der Waals surface area contributed by atoms with E-state index < -0.39 is 24.0 Å². The van der Waals surface area contributed by atoms with Gasteiger partial charge >= 0.3 is 5.97 Å². The number of methoxy groups -OCH3 is 1. The zero-order valence-corrected chi connectivity index (χ0v) is 22.7. The van der Waals surface area contributed by atoms with Crippen molar-refractivity contribution in [3.63, 3.8) is 0 Å². The quantitative estimate of drug-likeness (QED) is 0.333. The molecule has 0 saturated heterocycles. The van der Waals surface area contributed by atoms with Gasteiger partial charge in [0, 0.05) is 18.2 Å². The molecule has 2 aliphatic heterocycles. The summed E-state index contributed by atoms with van der Waals surface area (Å²) in [7, 11) is 1.33. The highest BCUT2D eigenvalue weighted by Gasteiger charge is 2.41. The fourth-order valence-electron chi connectivity index (χ4n) is 5.69. The molecule has 2 heterocycles. The van der Waals surface area contributed by atoms with Gasteiger partial charge in [0.05, 0.1) is 13.5 Å². The molecule has 0 spiro atoms. The van der Waals surface area contributed by atoms with Crippen LogP contribution < -0.4 is 19.5 Å². The van der Waals surface area contributed by atoms with Crippen molar-refractivity contribution in [2.75, 3.05) is 13.9 Å². The van der Waals surface area contributed by atoms with E-state index >= 15 is 0 Å². The van der Waals surface area contributed by atoms with Crippen LogP contribution in [0.4, 0.5) is 4.39 Å². The Morgan fingerprint density at radius 2 is 1.85 bits per heavy atom. The number of halogens is 1. The van der Waals surface area contributed by atoms with Crippen LogP contribution in [0.15, 0.2) is 77.9 Å². The molecule has 1 N–H and O–H groups in total. The first-order valence-corrected chi connectivity index (χ1v) is 13.8. The Kier molecular flexibility index (Phi) is 7.61. The standard InChI is InChI=1S/C32H31FN2O6/c1-38-30(36)17-26(21-12-13-25(33)28(16-21)41-22-7-3-2-4-8-22)34-31-23-9-5-6-10-24(23)32(37)35(31)18-20-11-14-27-29(15-20)40-19-39-27/h2-4,7-8,11-16,26,31,34H,5-6,9-10,17-19H2,1H3/t26-,31+/m0/s1. The fourth-order valence-corrected chi connectivity index (χ4v) is 5.69. The van der Waals surface area contributed by atoms with Crippen LogP contribution in [-0.4, -0.2) is 36.8 Å². The molecule has 0 aromatic heterocycles. The summed E-state index contributed by atoms with van der Waals surface area (Å²) in [6, 6.07) is 18.6. The number of benzene rings is 3. The van der Waals surface area contributed by atoms with Crippen LogP contribution in [0.5, 0.6) is 23.0 Å². The van der Waals surface area contributed by atoms with E-state index in [1.807, 2.05) is 29.2 Å². The minimum Gasteiger partial charge on any atom is -0.469 e. The predicted molar refractivity (Wildman–Crippen MR) is 148 cm³/mol. The Morgan fingerprint density at radius 1 is 1.05 bits per heavy atom. The van der Waals surface area contributed by atoms with Gasteiger partial charge in [-0.1, -0.05) is 30.3 Å². The largest absolute Gasteiger partial charge is 0.469 e. The van der Waals surface area contributed by atoms with Gasteiger partial charge in [0.2, 0.25) is 6.79 Å². The SMILES string of the molecule is COC(=O)C[C@H](N[C@H]1C2=C(CCCC2)C(=O)N1Cc1ccc2c(c1)OCO2)c1ccc(F)c(Oc2ccccc2)c1. The van der Waals surface area contributed by atoms with Gasteiger partial charge in [0.25, 0.3) is 5.91 Å². The van der Waals surface area contributed by atoms with E-state index in [-0.39, 0.29) is 24.9 Å². The number of carbonyl (C=O) groups is 2. The summed E-state index contributed by atoms with van der Waals surface area (Å²) in [4.78, 5) is 28.1. The predicted octanol–water partition coefficient (Wildman–Crippen LogP) is 5.78. The highest BCUT2D eigenvalue weighted by atomic mass is 19.1. The number of esters is 1. The molecule has 2 atom stereocenters. The van der Waals surface area contributed by atoms with Crippen molar-refractivity contribution in [1.29, 1.82) is 0 Å². The van der Waals surface area contributed by atoms with Gasteiger partial charge in [-0.25, -0.2) is 4.39 Å². The first-order valence-electron chi connectivity index (χ1n) is 13.8. The summed E-state index contributed by atoms with van der Waals surface area (Å²) in [6.45, 7) is 0.515. The average Bonchev–Trinajstić information content (AvgIpc) is 3.57. The lowest BCUT2D eigenvalue weighted by atomic mass is 9.92. The van der Waals surface area contributed by atoms with Crippen LogP contribution in [0.25, 0.3) is 0 Å². The Labute approximate surface area is 237 Å². The Balaban J connectivity index is 1.32. The highest BCUT2D eigenvalue weighted by molar-refractivity contribution is 5.97. The summed E-state index contributed by atoms with van der Waals surface area (Å²) < 4.78 is 36.6. The van der Waals surface area contributed by atoms with Crippen molar-refractivity contribution in [3.05, 3.63) is 94.8 Å². The van der Waals surface area contributed by atoms with Crippen molar-refractivity contribution in [1.82, 2.24) is 10.2 Å². The van der Waals surface area contributed by atoms with Gasteiger partial charge in [-0.2, -0.15) is 0 Å². The maximum atomic E-state index is 14.8. The molecule has 9 heteroatoms. The zero-order chi connectivity index (χ0) is 28.3. The molecule has 3 aliphatic rings. The topological polar surface area (TPSA) is 86.3 Å². The lowest BCUT2D eigenvalue weighted by molar-refractivity contribution is -0.141. The second-order valence-corrected chi connectivity index (χ2v) is 10.3. The lowest BCUT2D eigenvalue weighted by Gasteiger charge is -2.32. The molecular weight excluding hydrogens is 527 g/mol. The molecule has 41 heavy (non-hydrogen) atoms. The number of nitrogens with one attached hydrogen (secondary N) is 1. The monoisotopic (exact) mass is 558 g/mol. The summed E-state index contributed by atoms with van der Waals surface area (Å²) in [5.74, 6) is 0.902. The molecule has 6 rings (SSSR count). The zero-order valence-electron chi connectivity index (χ0n) is 22.7. The Bertz CT molecular complexity index is 1490. The molecule has 0 bridgehead atoms. The fraction of sp³-hybridized carbons (Fsp3) is 0.312. The number of para-hydroxylation sites is 1. The number of nitrogens with zero attached hydrogens (tertiary/aromatic N) is 1. The summed E-state index contributed by atoms with van der Waals surface area (Å²) in [5, 5.41) is 3.57. The number of amides is 1. The number of hydrogen-bond donors (Lipinski definition) is 1. The molecule has 0 unspecified atom stereocenters. The molecule has 3 aromatic carbocycles. The third kappa shape index (κ3) is 5.63. The van der Waals surface area contributed by atoms with E-state index in [2.05, 4.69) is 5.32 Å². The molecule has 212 valence electrons. The van der Waals surface area contributed by atoms with E-state index in [1.54, 1.807) is 36.4 Å². The smallest absolute Gasteiger partial charge is 0.307 e. The number of ether oxygens (including phenoxy) is 4. The average molecular weight is 559 g/mol. The molecule has 1 aliphatic carbocycles. The van der Waals surface area contributed by atoms with Crippen molar-refractivity contribution in [3.8, 4) is 23.0 Å². The summed E-state index contributed by atoms with van der Waals surface area (Å²) >= 11 is 0. The molecule has 1 amide bonds. The number of fused-ring (bicyclic) bond motifs is 1.